The van der Waals surface area contributed by atoms with Crippen molar-refractivity contribution in [2.75, 3.05) is 57.8 Å². The summed E-state index contributed by atoms with van der Waals surface area (Å²) in [6, 6.07) is 6.47. The largest absolute Gasteiger partial charge is 0.469 e. The molecule has 1 aromatic rings. The predicted molar refractivity (Wildman–Crippen MR) is 151 cm³/mol. The smallest absolute Gasteiger partial charge is 0.308 e. The van der Waals surface area contributed by atoms with Crippen molar-refractivity contribution in [3.8, 4) is 0 Å². The molecule has 3 fully saturated rings. The minimum absolute atomic E-state index is 0.0464. The first kappa shape index (κ1) is 28.3. The highest BCUT2D eigenvalue weighted by molar-refractivity contribution is 7.80. The number of ether oxygens (including phenoxy) is 1. The average Bonchev–Trinajstić information content (AvgIpc) is 2.92. The molecule has 0 aromatic heterocycles. The fraction of sp³-hybridized carbons (Fsp3) is 0.643. The molecule has 1 saturated carbocycles. The van der Waals surface area contributed by atoms with Crippen molar-refractivity contribution in [2.24, 2.45) is 11.8 Å². The van der Waals surface area contributed by atoms with Crippen molar-refractivity contribution in [1.29, 1.82) is 0 Å². The van der Waals surface area contributed by atoms with E-state index in [2.05, 4.69) is 52.5 Å². The highest BCUT2D eigenvalue weighted by Crippen LogP contribution is 2.33. The number of aryl methyl sites for hydroxylation is 2. The summed E-state index contributed by atoms with van der Waals surface area (Å²) < 4.78 is 4.87. The number of nitrogens with one attached hydrogen (secondary N) is 2. The van der Waals surface area contributed by atoms with Crippen LogP contribution in [0.25, 0.3) is 0 Å². The third-order valence-corrected chi connectivity index (χ3v) is 8.47. The Morgan fingerprint density at radius 2 is 1.89 bits per heavy atom. The Labute approximate surface area is 231 Å². The molecule has 2 saturated heterocycles. The quantitative estimate of drug-likeness (QED) is 0.278. The van der Waals surface area contributed by atoms with E-state index in [0.717, 1.165) is 39.1 Å². The zero-order chi connectivity index (χ0) is 27.2. The van der Waals surface area contributed by atoms with Crippen molar-refractivity contribution in [2.45, 2.75) is 52.0 Å². The highest BCUT2D eigenvalue weighted by Gasteiger charge is 2.44. The topological polar surface area (TPSA) is 94.2 Å². The van der Waals surface area contributed by atoms with Gasteiger partial charge >= 0.3 is 5.97 Å². The Bertz CT molecular complexity index is 1040. The van der Waals surface area contributed by atoms with E-state index in [1.807, 2.05) is 0 Å². The number of rotatable bonds is 9. The second kappa shape index (κ2) is 12.9. The van der Waals surface area contributed by atoms with Gasteiger partial charge in [-0.25, -0.2) is 0 Å². The van der Waals surface area contributed by atoms with Gasteiger partial charge in [-0.15, -0.1) is 0 Å². The Balaban J connectivity index is 1.12. The summed E-state index contributed by atoms with van der Waals surface area (Å²) in [7, 11) is 1.39. The molecule has 2 N–H and O–H groups in total. The lowest BCUT2D eigenvalue weighted by Gasteiger charge is -2.43. The number of carbonyl (C=O) groups excluding carboxylic acids is 3. The first-order valence-corrected chi connectivity index (χ1v) is 14.2. The zero-order valence-electron chi connectivity index (χ0n) is 22.8. The van der Waals surface area contributed by atoms with Gasteiger partial charge in [0.05, 0.1) is 18.9 Å². The number of anilines is 1. The SMILES string of the molecule is COC(=O)C1CCC2C(=O)N(CCC(=O)NCCCN3CCN(c4cc(C)ccc4C)CC3)C(=S)NC2C1. The van der Waals surface area contributed by atoms with Gasteiger partial charge in [0, 0.05) is 57.4 Å². The van der Waals surface area contributed by atoms with E-state index in [1.165, 1.54) is 28.8 Å². The van der Waals surface area contributed by atoms with E-state index in [4.69, 9.17) is 17.0 Å². The molecule has 3 aliphatic rings. The summed E-state index contributed by atoms with van der Waals surface area (Å²) in [6.07, 6.45) is 2.88. The summed E-state index contributed by atoms with van der Waals surface area (Å²) >= 11 is 5.43. The maximum absolute atomic E-state index is 13.1. The molecular weight excluding hydrogens is 502 g/mol. The van der Waals surface area contributed by atoms with Gasteiger partial charge < -0.3 is 20.3 Å². The highest BCUT2D eigenvalue weighted by atomic mass is 32.1. The number of amides is 2. The zero-order valence-corrected chi connectivity index (χ0v) is 23.6. The minimum Gasteiger partial charge on any atom is -0.469 e. The molecule has 2 aliphatic heterocycles. The van der Waals surface area contributed by atoms with Crippen LogP contribution in [-0.4, -0.2) is 91.7 Å². The van der Waals surface area contributed by atoms with Crippen LogP contribution >= 0.6 is 12.2 Å². The molecule has 4 rings (SSSR count). The van der Waals surface area contributed by atoms with Gasteiger partial charge in [-0.1, -0.05) is 12.1 Å². The fourth-order valence-electron chi connectivity index (χ4n) is 5.86. The maximum Gasteiger partial charge on any atom is 0.308 e. The Hall–Kier alpha value is -2.72. The number of benzene rings is 1. The molecule has 9 nitrogen and oxygen atoms in total. The molecule has 1 aromatic carbocycles. The second-order valence-electron chi connectivity index (χ2n) is 10.8. The van der Waals surface area contributed by atoms with Gasteiger partial charge in [0.25, 0.3) is 0 Å². The Kier molecular flexibility index (Phi) is 9.59. The maximum atomic E-state index is 13.1. The molecule has 208 valence electrons. The van der Waals surface area contributed by atoms with E-state index in [-0.39, 0.29) is 48.6 Å². The molecule has 3 atom stereocenters. The predicted octanol–water partition coefficient (Wildman–Crippen LogP) is 2.00. The van der Waals surface area contributed by atoms with Crippen LogP contribution in [0.2, 0.25) is 0 Å². The molecular formula is C28H41N5O4S. The van der Waals surface area contributed by atoms with Crippen LogP contribution in [0.5, 0.6) is 0 Å². The standard InChI is InChI=1S/C28H41N5O4S/c1-19-5-6-20(2)24(17-19)32-15-13-31(14-16-32)11-4-10-29-25(34)9-12-33-26(35)22-8-7-21(27(36)37-3)18-23(22)30-28(33)38/h5-6,17,21-23H,4,7-16,18H2,1-3H3,(H,29,34)(H,30,38). The molecule has 2 heterocycles. The number of hydrogen-bond acceptors (Lipinski definition) is 7. The molecule has 0 bridgehead atoms. The Morgan fingerprint density at radius 1 is 1.13 bits per heavy atom. The summed E-state index contributed by atoms with van der Waals surface area (Å²) in [5.74, 6) is -0.780. The summed E-state index contributed by atoms with van der Waals surface area (Å²) in [5, 5.41) is 6.56. The molecule has 0 spiro atoms. The van der Waals surface area contributed by atoms with E-state index < -0.39 is 0 Å². The van der Waals surface area contributed by atoms with E-state index in [9.17, 15) is 14.4 Å². The van der Waals surface area contributed by atoms with Gasteiger partial charge in [0.15, 0.2) is 5.11 Å². The van der Waals surface area contributed by atoms with Crippen LogP contribution in [0.15, 0.2) is 18.2 Å². The van der Waals surface area contributed by atoms with Crippen molar-refractivity contribution >= 4 is 40.8 Å². The number of hydrogen-bond donors (Lipinski definition) is 2. The summed E-state index contributed by atoms with van der Waals surface area (Å²) in [5.41, 5.74) is 3.95. The van der Waals surface area contributed by atoms with Gasteiger partial charge in [0.1, 0.15) is 0 Å². The molecule has 10 heteroatoms. The number of nitrogens with zero attached hydrogens (tertiary/aromatic N) is 3. The van der Waals surface area contributed by atoms with Crippen LogP contribution in [-0.2, 0) is 19.1 Å². The van der Waals surface area contributed by atoms with Crippen LogP contribution in [0, 0.1) is 25.7 Å². The van der Waals surface area contributed by atoms with E-state index in [1.54, 1.807) is 0 Å². The number of methoxy groups -OCH3 is 1. The van der Waals surface area contributed by atoms with Gasteiger partial charge in [-0.3, -0.25) is 24.2 Å². The normalized spacial score (nSPS) is 24.0. The second-order valence-corrected chi connectivity index (χ2v) is 11.1. The number of fused-ring (bicyclic) bond motifs is 1. The van der Waals surface area contributed by atoms with Gasteiger partial charge in [-0.2, -0.15) is 0 Å². The molecule has 0 radical (unpaired) electrons. The summed E-state index contributed by atoms with van der Waals surface area (Å²) in [4.78, 5) is 43.9. The lowest BCUT2D eigenvalue weighted by molar-refractivity contribution is -0.149. The van der Waals surface area contributed by atoms with Crippen molar-refractivity contribution in [3.63, 3.8) is 0 Å². The van der Waals surface area contributed by atoms with Gasteiger partial charge in [-0.05, 0) is 75.5 Å². The summed E-state index contributed by atoms with van der Waals surface area (Å²) in [6.45, 7) is 10.2. The lowest BCUT2D eigenvalue weighted by Crippen LogP contribution is -2.62. The van der Waals surface area contributed by atoms with Crippen LogP contribution in [0.3, 0.4) is 0 Å². The lowest BCUT2D eigenvalue weighted by atomic mass is 9.76. The fourth-order valence-corrected chi connectivity index (χ4v) is 6.19. The van der Waals surface area contributed by atoms with Crippen LogP contribution in [0.4, 0.5) is 5.69 Å². The minimum atomic E-state index is -0.234. The van der Waals surface area contributed by atoms with Crippen LogP contribution < -0.4 is 15.5 Å². The van der Waals surface area contributed by atoms with Crippen molar-refractivity contribution in [1.82, 2.24) is 20.4 Å². The van der Waals surface area contributed by atoms with E-state index >= 15 is 0 Å². The number of piperazine rings is 1. The number of esters is 1. The monoisotopic (exact) mass is 543 g/mol. The number of thiocarbonyl (C=S) groups is 1. The third-order valence-electron chi connectivity index (χ3n) is 8.14. The number of carbonyl (C=O) groups is 3. The van der Waals surface area contributed by atoms with Crippen LogP contribution in [0.1, 0.15) is 43.2 Å². The molecule has 38 heavy (non-hydrogen) atoms. The van der Waals surface area contributed by atoms with Crippen molar-refractivity contribution in [3.05, 3.63) is 29.3 Å². The first-order chi connectivity index (χ1) is 18.3. The molecule has 2 amide bonds. The van der Waals surface area contributed by atoms with Crippen molar-refractivity contribution < 1.29 is 19.1 Å². The third kappa shape index (κ3) is 6.83. The Morgan fingerprint density at radius 3 is 2.63 bits per heavy atom. The van der Waals surface area contributed by atoms with Gasteiger partial charge in [0.2, 0.25) is 11.8 Å². The average molecular weight is 544 g/mol. The first-order valence-electron chi connectivity index (χ1n) is 13.8. The molecule has 3 unspecified atom stereocenters. The van der Waals surface area contributed by atoms with E-state index in [0.29, 0.717) is 30.9 Å². The molecule has 1 aliphatic carbocycles.